The highest BCUT2D eigenvalue weighted by Crippen LogP contribution is 2.39. The maximum Gasteiger partial charge on any atom is 0.433 e. The lowest BCUT2D eigenvalue weighted by atomic mass is 9.82. The van der Waals surface area contributed by atoms with Crippen molar-refractivity contribution in [2.45, 2.75) is 37.8 Å². The van der Waals surface area contributed by atoms with Crippen LogP contribution in [0.3, 0.4) is 0 Å². The Kier molecular flexibility index (Phi) is 6.85. The number of hydrogen-bond acceptors (Lipinski definition) is 7. The van der Waals surface area contributed by atoms with E-state index in [1.54, 1.807) is 6.07 Å². The number of carbonyl (C=O) groups excluding carboxylic acids is 1. The summed E-state index contributed by atoms with van der Waals surface area (Å²) in [5, 5.41) is 12.1. The molecule has 1 saturated heterocycles. The molecule has 0 spiro atoms. The molecule has 8 nitrogen and oxygen atoms in total. The number of anilines is 2. The molecule has 1 aromatic carbocycles. The van der Waals surface area contributed by atoms with Gasteiger partial charge in [-0.1, -0.05) is 6.07 Å². The predicted octanol–water partition coefficient (Wildman–Crippen LogP) is 4.60. The number of benzene rings is 1. The number of amides is 1. The molecule has 36 heavy (non-hydrogen) atoms. The van der Waals surface area contributed by atoms with Gasteiger partial charge >= 0.3 is 6.18 Å². The second-order valence-corrected chi connectivity index (χ2v) is 9.25. The largest absolute Gasteiger partial charge is 0.440 e. The van der Waals surface area contributed by atoms with E-state index >= 15 is 0 Å². The van der Waals surface area contributed by atoms with Crippen LogP contribution in [0.15, 0.2) is 34.7 Å². The summed E-state index contributed by atoms with van der Waals surface area (Å²) in [5.41, 5.74) is 0.756. The van der Waals surface area contributed by atoms with E-state index in [-0.39, 0.29) is 18.2 Å². The lowest BCUT2D eigenvalue weighted by molar-refractivity contribution is -0.141. The minimum Gasteiger partial charge on any atom is -0.440 e. The van der Waals surface area contributed by atoms with Crippen LogP contribution >= 0.6 is 0 Å². The highest BCUT2D eigenvalue weighted by atomic mass is 19.4. The Morgan fingerprint density at radius 3 is 2.56 bits per heavy atom. The average molecular weight is 505 g/mol. The number of aliphatic hydroxyl groups excluding tert-OH is 1. The Hall–Kier alpha value is -3.18. The first kappa shape index (κ1) is 24.5. The van der Waals surface area contributed by atoms with Crippen molar-refractivity contribution in [3.05, 3.63) is 47.6 Å². The molecule has 11 heteroatoms. The van der Waals surface area contributed by atoms with E-state index in [0.29, 0.717) is 60.6 Å². The zero-order valence-electron chi connectivity index (χ0n) is 19.6. The zero-order valence-corrected chi connectivity index (χ0v) is 19.6. The first-order valence-corrected chi connectivity index (χ1v) is 12.1. The maximum absolute atomic E-state index is 13.1. The van der Waals surface area contributed by atoms with Gasteiger partial charge in [0.2, 0.25) is 0 Å². The fraction of sp³-hybridized carbons (Fsp3) is 0.480. The number of aromatic nitrogens is 2. The molecule has 2 N–H and O–H groups in total. The van der Waals surface area contributed by atoms with E-state index < -0.39 is 17.8 Å². The number of aliphatic hydroxyl groups is 1. The summed E-state index contributed by atoms with van der Waals surface area (Å²) >= 11 is 0. The highest BCUT2D eigenvalue weighted by molar-refractivity contribution is 6.06. The van der Waals surface area contributed by atoms with E-state index in [2.05, 4.69) is 10.3 Å². The fourth-order valence-corrected chi connectivity index (χ4v) is 4.82. The van der Waals surface area contributed by atoms with Crippen LogP contribution in [-0.4, -0.2) is 53.9 Å². The summed E-state index contributed by atoms with van der Waals surface area (Å²) in [7, 11) is 0. The molecule has 2 aliphatic rings. The minimum atomic E-state index is -4.65. The van der Waals surface area contributed by atoms with E-state index in [9.17, 15) is 23.1 Å². The fourth-order valence-electron chi connectivity index (χ4n) is 4.82. The van der Waals surface area contributed by atoms with Gasteiger partial charge in [-0.15, -0.1) is 0 Å². The smallest absolute Gasteiger partial charge is 0.433 e. The molecular formula is C25H27F3N4O4. The molecule has 2 fully saturated rings. The molecule has 1 amide bonds. The molecule has 0 unspecified atom stereocenters. The summed E-state index contributed by atoms with van der Waals surface area (Å²) in [6.45, 7) is 2.39. The number of hydrogen-bond donors (Lipinski definition) is 2. The lowest BCUT2D eigenvalue weighted by Gasteiger charge is -2.30. The molecule has 2 aromatic heterocycles. The van der Waals surface area contributed by atoms with Crippen molar-refractivity contribution in [1.29, 1.82) is 0 Å². The van der Waals surface area contributed by atoms with Crippen molar-refractivity contribution < 1.29 is 32.2 Å². The molecule has 5 rings (SSSR count). The van der Waals surface area contributed by atoms with Gasteiger partial charge < -0.3 is 24.5 Å². The third-order valence-corrected chi connectivity index (χ3v) is 6.85. The maximum atomic E-state index is 13.1. The highest BCUT2D eigenvalue weighted by Gasteiger charge is 2.33. The Morgan fingerprint density at radius 2 is 1.86 bits per heavy atom. The first-order chi connectivity index (χ1) is 17.3. The number of nitrogens with zero attached hydrogens (tertiary/aromatic N) is 3. The molecule has 1 aliphatic heterocycles. The van der Waals surface area contributed by atoms with Gasteiger partial charge in [0.1, 0.15) is 16.9 Å². The minimum absolute atomic E-state index is 0.152. The van der Waals surface area contributed by atoms with Crippen LogP contribution in [0.1, 0.15) is 53.7 Å². The Bertz CT molecular complexity index is 1230. The van der Waals surface area contributed by atoms with Crippen LogP contribution in [0.2, 0.25) is 0 Å². The van der Waals surface area contributed by atoms with Crippen LogP contribution in [0.5, 0.6) is 0 Å². The lowest BCUT2D eigenvalue weighted by Crippen LogP contribution is -2.36. The van der Waals surface area contributed by atoms with Gasteiger partial charge in [-0.25, -0.2) is 9.97 Å². The van der Waals surface area contributed by atoms with Crippen LogP contribution < -0.4 is 10.2 Å². The second kappa shape index (κ2) is 10.1. The molecule has 0 bridgehead atoms. The predicted molar refractivity (Wildman–Crippen MR) is 126 cm³/mol. The third kappa shape index (κ3) is 5.17. The molecule has 3 heterocycles. The number of nitrogens with one attached hydrogen (secondary N) is 1. The van der Waals surface area contributed by atoms with Crippen molar-refractivity contribution in [1.82, 2.24) is 9.97 Å². The van der Waals surface area contributed by atoms with Gasteiger partial charge in [0.05, 0.1) is 24.6 Å². The Morgan fingerprint density at radius 1 is 1.11 bits per heavy atom. The van der Waals surface area contributed by atoms with E-state index in [1.165, 1.54) is 6.07 Å². The summed E-state index contributed by atoms with van der Waals surface area (Å²) in [5.74, 6) is 0.332. The molecule has 1 saturated carbocycles. The number of rotatable bonds is 5. The number of ether oxygens (including phenoxy) is 1. The third-order valence-electron chi connectivity index (χ3n) is 6.85. The normalized spacial score (nSPS) is 21.1. The second-order valence-electron chi connectivity index (χ2n) is 9.25. The molecule has 0 radical (unpaired) electrons. The number of morpholine rings is 1. The standard InChI is InChI=1S/C25H27F3N4O4/c26-25(27,28)22-3-1-2-17(29-22)23(34)30-18-13-21-19(12-20(18)32-8-10-35-11-9-32)31-24(36-21)16-6-4-15(14-33)5-7-16/h1-3,12-13,15-16,33H,4-11,14H2,(H,30,34)/t15-,16-. The van der Waals surface area contributed by atoms with Crippen LogP contribution in [0.25, 0.3) is 11.1 Å². The van der Waals surface area contributed by atoms with Crippen LogP contribution in [-0.2, 0) is 10.9 Å². The Balaban J connectivity index is 1.46. The number of fused-ring (bicyclic) bond motifs is 1. The number of halogens is 3. The summed E-state index contributed by atoms with van der Waals surface area (Å²) in [4.78, 5) is 23.2. The van der Waals surface area contributed by atoms with Crippen molar-refractivity contribution in [3.63, 3.8) is 0 Å². The first-order valence-electron chi connectivity index (χ1n) is 12.1. The molecular weight excluding hydrogens is 477 g/mol. The molecule has 3 aromatic rings. The van der Waals surface area contributed by atoms with Gasteiger partial charge in [-0.05, 0) is 49.8 Å². The SMILES string of the molecule is O=C(Nc1cc2oc([C@H]3CC[C@H](CO)CC3)nc2cc1N1CCOCC1)c1cccc(C(F)(F)F)n1. The number of alkyl halides is 3. The van der Waals surface area contributed by atoms with Crippen molar-refractivity contribution in [2.24, 2.45) is 5.92 Å². The Labute approximate surface area is 205 Å². The van der Waals surface area contributed by atoms with Crippen molar-refractivity contribution in [2.75, 3.05) is 43.1 Å². The zero-order chi connectivity index (χ0) is 25.3. The molecule has 1 aliphatic carbocycles. The van der Waals surface area contributed by atoms with Gasteiger partial charge in [0.15, 0.2) is 11.5 Å². The summed E-state index contributed by atoms with van der Waals surface area (Å²) in [6.07, 6.45) is -1.09. The molecule has 0 atom stereocenters. The number of pyridine rings is 1. The van der Waals surface area contributed by atoms with Gasteiger partial charge in [-0.2, -0.15) is 13.2 Å². The number of oxazole rings is 1. The summed E-state index contributed by atoms with van der Waals surface area (Å²) in [6, 6.07) is 6.73. The van der Waals surface area contributed by atoms with Gasteiger partial charge in [0.25, 0.3) is 5.91 Å². The summed E-state index contributed by atoms with van der Waals surface area (Å²) < 4.78 is 50.8. The molecule has 192 valence electrons. The quantitative estimate of drug-likeness (QED) is 0.524. The van der Waals surface area contributed by atoms with Crippen LogP contribution in [0.4, 0.5) is 24.5 Å². The van der Waals surface area contributed by atoms with E-state index in [0.717, 1.165) is 37.8 Å². The van der Waals surface area contributed by atoms with Gasteiger partial charge in [-0.3, -0.25) is 4.79 Å². The van der Waals surface area contributed by atoms with Gasteiger partial charge in [0, 0.05) is 31.7 Å². The number of carbonyl (C=O) groups is 1. The average Bonchev–Trinajstić information content (AvgIpc) is 3.31. The van der Waals surface area contributed by atoms with Crippen molar-refractivity contribution >= 4 is 28.4 Å². The monoisotopic (exact) mass is 504 g/mol. The van der Waals surface area contributed by atoms with E-state index in [4.69, 9.17) is 14.1 Å². The van der Waals surface area contributed by atoms with E-state index in [1.807, 2.05) is 11.0 Å². The van der Waals surface area contributed by atoms with Crippen LogP contribution in [0, 0.1) is 5.92 Å². The van der Waals surface area contributed by atoms with Crippen molar-refractivity contribution in [3.8, 4) is 0 Å². The topological polar surface area (TPSA) is 101 Å².